The minimum Gasteiger partial charge on any atom is -0.369 e. The van der Waals surface area contributed by atoms with Crippen molar-refractivity contribution in [2.45, 2.75) is 24.4 Å². The maximum atomic E-state index is 2.57. The molecule has 0 aromatic heterocycles. The molecule has 0 bridgehead atoms. The van der Waals surface area contributed by atoms with Gasteiger partial charge in [-0.25, -0.2) is 4.31 Å². The summed E-state index contributed by atoms with van der Waals surface area (Å²) >= 11 is 1.89. The zero-order valence-electron chi connectivity index (χ0n) is 17.4. The van der Waals surface area contributed by atoms with E-state index in [1.807, 2.05) is 11.9 Å². The predicted octanol–water partition coefficient (Wildman–Crippen LogP) is 5.07. The number of nitrogens with zero attached hydrogens (tertiary/aromatic N) is 3. The van der Waals surface area contributed by atoms with E-state index in [-0.39, 0.29) is 0 Å². The molecule has 2 aliphatic rings. The number of anilines is 1. The van der Waals surface area contributed by atoms with Crippen LogP contribution in [0, 0.1) is 0 Å². The normalized spacial score (nSPS) is 17.7. The number of hydrogen-bond acceptors (Lipinski definition) is 4. The Labute approximate surface area is 184 Å². The average molecular weight is 416 g/mol. The van der Waals surface area contributed by atoms with Crippen LogP contribution in [0.5, 0.6) is 0 Å². The molecule has 154 valence electrons. The molecule has 4 heteroatoms. The van der Waals surface area contributed by atoms with Crippen LogP contribution >= 0.6 is 11.9 Å². The van der Waals surface area contributed by atoms with Crippen molar-refractivity contribution in [2.75, 3.05) is 37.6 Å². The molecule has 2 heterocycles. The molecule has 3 nitrogen and oxygen atoms in total. The maximum absolute atomic E-state index is 2.57. The summed E-state index contributed by atoms with van der Waals surface area (Å²) in [6.45, 7) is 7.66. The Morgan fingerprint density at radius 3 is 2.13 bits per heavy atom. The van der Waals surface area contributed by atoms with Gasteiger partial charge in [-0.15, -0.1) is 0 Å². The quantitative estimate of drug-likeness (QED) is 0.538. The standard InChI is InChI=1S/C26H29N3S/c1-2-8-25(9-3-1)28-18-16-27(17-19-28)20-22-10-12-26(13-11-22)30-29-15-14-23-6-4-5-7-24(23)21-29/h1-13H,14-21H2. The number of hydrogen-bond donors (Lipinski definition) is 0. The van der Waals surface area contributed by atoms with Crippen LogP contribution in [0.3, 0.4) is 0 Å². The first-order valence-corrected chi connectivity index (χ1v) is 11.7. The molecule has 0 spiro atoms. The van der Waals surface area contributed by atoms with Crippen molar-refractivity contribution < 1.29 is 0 Å². The van der Waals surface area contributed by atoms with E-state index in [1.54, 1.807) is 0 Å². The van der Waals surface area contributed by atoms with Crippen molar-refractivity contribution in [3.05, 3.63) is 95.6 Å². The number of para-hydroxylation sites is 1. The molecule has 0 saturated carbocycles. The zero-order chi connectivity index (χ0) is 20.2. The summed E-state index contributed by atoms with van der Waals surface area (Å²) in [4.78, 5) is 6.41. The van der Waals surface area contributed by atoms with Crippen molar-refractivity contribution in [3.8, 4) is 0 Å². The molecule has 0 unspecified atom stereocenters. The molecule has 0 radical (unpaired) electrons. The van der Waals surface area contributed by atoms with Gasteiger partial charge >= 0.3 is 0 Å². The van der Waals surface area contributed by atoms with Gasteiger partial charge in [-0.1, -0.05) is 54.6 Å². The molecule has 0 amide bonds. The summed E-state index contributed by atoms with van der Waals surface area (Å²) in [7, 11) is 0. The molecule has 1 fully saturated rings. The topological polar surface area (TPSA) is 9.72 Å². The van der Waals surface area contributed by atoms with Gasteiger partial charge in [-0.2, -0.15) is 0 Å². The lowest BCUT2D eigenvalue weighted by molar-refractivity contribution is 0.250. The van der Waals surface area contributed by atoms with Gasteiger partial charge in [0.05, 0.1) is 0 Å². The van der Waals surface area contributed by atoms with Crippen LogP contribution in [0.2, 0.25) is 0 Å². The molecular formula is C26H29N3S. The van der Waals surface area contributed by atoms with Gasteiger partial charge in [-0.05, 0) is 59.3 Å². The van der Waals surface area contributed by atoms with E-state index < -0.39 is 0 Å². The summed E-state index contributed by atoms with van der Waals surface area (Å²) in [5.74, 6) is 0. The van der Waals surface area contributed by atoms with Crippen LogP contribution in [0.15, 0.2) is 83.8 Å². The van der Waals surface area contributed by atoms with Crippen LogP contribution < -0.4 is 4.90 Å². The average Bonchev–Trinajstić information content (AvgIpc) is 2.81. The van der Waals surface area contributed by atoms with Crippen molar-refractivity contribution in [1.29, 1.82) is 0 Å². The second-order valence-electron chi connectivity index (χ2n) is 8.22. The van der Waals surface area contributed by atoms with E-state index in [9.17, 15) is 0 Å². The Morgan fingerprint density at radius 2 is 1.37 bits per heavy atom. The molecule has 3 aromatic carbocycles. The minimum atomic E-state index is 1.04. The second-order valence-corrected chi connectivity index (χ2v) is 9.39. The van der Waals surface area contributed by atoms with Crippen LogP contribution in [0.1, 0.15) is 16.7 Å². The van der Waals surface area contributed by atoms with E-state index in [1.165, 1.54) is 27.3 Å². The van der Waals surface area contributed by atoms with E-state index in [4.69, 9.17) is 0 Å². The SMILES string of the molecule is c1ccc(N2CCN(Cc3ccc(SN4CCc5ccccc5C4)cc3)CC2)cc1. The zero-order valence-corrected chi connectivity index (χ0v) is 18.2. The number of piperazine rings is 1. The lowest BCUT2D eigenvalue weighted by Gasteiger charge is -2.36. The number of fused-ring (bicyclic) bond motifs is 1. The number of benzene rings is 3. The smallest absolute Gasteiger partial charge is 0.0367 e. The van der Waals surface area contributed by atoms with Gasteiger partial charge in [0.25, 0.3) is 0 Å². The van der Waals surface area contributed by atoms with Crippen molar-refractivity contribution in [2.24, 2.45) is 0 Å². The third-order valence-corrected chi connectivity index (χ3v) is 7.21. The Bertz CT molecular complexity index is 950. The second kappa shape index (κ2) is 9.25. The Morgan fingerprint density at radius 1 is 0.667 bits per heavy atom. The van der Waals surface area contributed by atoms with Crippen molar-refractivity contribution in [1.82, 2.24) is 9.21 Å². The van der Waals surface area contributed by atoms with E-state index >= 15 is 0 Å². The summed E-state index contributed by atoms with van der Waals surface area (Å²) in [6.07, 6.45) is 1.15. The highest BCUT2D eigenvalue weighted by atomic mass is 32.2. The van der Waals surface area contributed by atoms with E-state index in [0.717, 1.165) is 52.2 Å². The van der Waals surface area contributed by atoms with E-state index in [2.05, 4.69) is 93.0 Å². The van der Waals surface area contributed by atoms with Gasteiger partial charge in [0.15, 0.2) is 0 Å². The molecule has 2 aliphatic heterocycles. The largest absolute Gasteiger partial charge is 0.369 e. The van der Waals surface area contributed by atoms with Crippen LogP contribution in [-0.2, 0) is 19.5 Å². The van der Waals surface area contributed by atoms with E-state index in [0.29, 0.717) is 0 Å². The highest BCUT2D eigenvalue weighted by molar-refractivity contribution is 7.97. The lowest BCUT2D eigenvalue weighted by atomic mass is 10.0. The first kappa shape index (κ1) is 19.7. The maximum Gasteiger partial charge on any atom is 0.0367 e. The first-order chi connectivity index (χ1) is 14.8. The molecule has 3 aromatic rings. The molecule has 5 rings (SSSR count). The summed E-state index contributed by atoms with van der Waals surface area (Å²) in [5, 5.41) is 0. The summed E-state index contributed by atoms with van der Waals surface area (Å²) in [6, 6.07) is 28.8. The van der Waals surface area contributed by atoms with Crippen molar-refractivity contribution >= 4 is 17.6 Å². The molecule has 0 aliphatic carbocycles. The third kappa shape index (κ3) is 4.72. The Hall–Kier alpha value is -2.27. The minimum absolute atomic E-state index is 1.04. The molecule has 0 N–H and O–H groups in total. The third-order valence-electron chi connectivity index (χ3n) is 6.15. The highest BCUT2D eigenvalue weighted by Gasteiger charge is 2.18. The van der Waals surface area contributed by atoms with Crippen molar-refractivity contribution in [3.63, 3.8) is 0 Å². The van der Waals surface area contributed by atoms with Crippen LogP contribution in [0.25, 0.3) is 0 Å². The predicted molar refractivity (Wildman–Crippen MR) is 127 cm³/mol. The fourth-order valence-electron chi connectivity index (χ4n) is 4.41. The fourth-order valence-corrected chi connectivity index (χ4v) is 5.36. The van der Waals surface area contributed by atoms with Gasteiger partial charge < -0.3 is 4.90 Å². The fraction of sp³-hybridized carbons (Fsp3) is 0.308. The Kier molecular flexibility index (Phi) is 6.07. The van der Waals surface area contributed by atoms with Gasteiger partial charge in [0.2, 0.25) is 0 Å². The lowest BCUT2D eigenvalue weighted by Crippen LogP contribution is -2.45. The number of rotatable bonds is 5. The molecule has 30 heavy (non-hydrogen) atoms. The molecule has 1 saturated heterocycles. The Balaban J connectivity index is 1.12. The first-order valence-electron chi connectivity index (χ1n) is 10.9. The monoisotopic (exact) mass is 415 g/mol. The molecular weight excluding hydrogens is 386 g/mol. The van der Waals surface area contributed by atoms with Gasteiger partial charge in [0.1, 0.15) is 0 Å². The highest BCUT2D eigenvalue weighted by Crippen LogP contribution is 2.29. The van der Waals surface area contributed by atoms with Crippen LogP contribution in [-0.4, -0.2) is 41.9 Å². The van der Waals surface area contributed by atoms with Gasteiger partial charge in [0, 0.05) is 56.4 Å². The molecule has 0 atom stereocenters. The van der Waals surface area contributed by atoms with Crippen LogP contribution in [0.4, 0.5) is 5.69 Å². The summed E-state index contributed by atoms with van der Waals surface area (Å²) < 4.78 is 2.49. The van der Waals surface area contributed by atoms with Gasteiger partial charge in [-0.3, -0.25) is 4.90 Å². The summed E-state index contributed by atoms with van der Waals surface area (Å²) in [5.41, 5.74) is 5.75.